The number of aromatic nitrogens is 1. The van der Waals surface area contributed by atoms with Crippen molar-refractivity contribution >= 4 is 18.0 Å². The third-order valence-electron chi connectivity index (χ3n) is 4.88. The lowest BCUT2D eigenvalue weighted by Crippen LogP contribution is -2.16. The first kappa shape index (κ1) is 23.4. The lowest BCUT2D eigenvalue weighted by Gasteiger charge is -2.06. The third kappa shape index (κ3) is 8.25. The fraction of sp³-hybridized carbons (Fsp3) is 0.417. The quantitative estimate of drug-likeness (QED) is 0.405. The van der Waals surface area contributed by atoms with Crippen molar-refractivity contribution in [3.8, 4) is 0 Å². The van der Waals surface area contributed by atoms with Crippen LogP contribution in [0.1, 0.15) is 62.0 Å². The minimum Gasteiger partial charge on any atom is -0.366 e. The van der Waals surface area contributed by atoms with Gasteiger partial charge in [-0.2, -0.15) is 0 Å². The number of nitrogens with one attached hydrogen (secondary N) is 1. The molecule has 30 heavy (non-hydrogen) atoms. The second kappa shape index (κ2) is 13.4. The Labute approximate surface area is 179 Å². The molecule has 0 aromatic carbocycles. The van der Waals surface area contributed by atoms with Gasteiger partial charge in [0.1, 0.15) is 5.69 Å². The van der Waals surface area contributed by atoms with Crippen LogP contribution < -0.4 is 11.1 Å². The number of amides is 1. The molecule has 2 heterocycles. The maximum atomic E-state index is 11.4. The second-order valence-corrected chi connectivity index (χ2v) is 7.17. The zero-order valence-electron chi connectivity index (χ0n) is 18.1. The monoisotopic (exact) mass is 407 g/mol. The third-order valence-corrected chi connectivity index (χ3v) is 4.88. The molecule has 1 aliphatic rings. The SMILES string of the molecule is C/C=C\C(=C/C)CCNCCCCCC1=CCN=C(c2cc(C(N)=O)ccn2)N=C1. The van der Waals surface area contributed by atoms with E-state index in [-0.39, 0.29) is 0 Å². The Bertz CT molecular complexity index is 849. The topological polar surface area (TPSA) is 92.7 Å². The smallest absolute Gasteiger partial charge is 0.248 e. The molecule has 1 aliphatic heterocycles. The summed E-state index contributed by atoms with van der Waals surface area (Å²) in [6.45, 7) is 6.77. The van der Waals surface area contributed by atoms with Crippen LogP contribution in [-0.2, 0) is 0 Å². The lowest BCUT2D eigenvalue weighted by atomic mass is 10.1. The van der Waals surface area contributed by atoms with Crippen LogP contribution in [0.3, 0.4) is 0 Å². The summed E-state index contributed by atoms with van der Waals surface area (Å²) in [7, 11) is 0. The number of pyridine rings is 1. The molecule has 2 rings (SSSR count). The Morgan fingerprint density at radius 3 is 2.87 bits per heavy atom. The van der Waals surface area contributed by atoms with E-state index in [1.54, 1.807) is 18.3 Å². The van der Waals surface area contributed by atoms with Gasteiger partial charge in [-0.05, 0) is 70.3 Å². The number of carbonyl (C=O) groups is 1. The van der Waals surface area contributed by atoms with E-state index in [4.69, 9.17) is 5.73 Å². The summed E-state index contributed by atoms with van der Waals surface area (Å²) in [4.78, 5) is 24.6. The van der Waals surface area contributed by atoms with Gasteiger partial charge in [-0.15, -0.1) is 0 Å². The van der Waals surface area contributed by atoms with Crippen molar-refractivity contribution in [2.45, 2.75) is 46.0 Å². The van der Waals surface area contributed by atoms with Crippen molar-refractivity contribution in [3.05, 3.63) is 65.0 Å². The first-order valence-electron chi connectivity index (χ1n) is 10.7. The van der Waals surface area contributed by atoms with E-state index in [2.05, 4.69) is 58.4 Å². The minimum atomic E-state index is -0.481. The van der Waals surface area contributed by atoms with E-state index < -0.39 is 5.91 Å². The number of rotatable bonds is 12. The molecule has 0 unspecified atom stereocenters. The Morgan fingerprint density at radius 1 is 1.23 bits per heavy atom. The lowest BCUT2D eigenvalue weighted by molar-refractivity contribution is 0.1000. The van der Waals surface area contributed by atoms with Crippen LogP contribution in [0.2, 0.25) is 0 Å². The molecule has 0 atom stereocenters. The van der Waals surface area contributed by atoms with Crippen LogP contribution in [0.5, 0.6) is 0 Å². The summed E-state index contributed by atoms with van der Waals surface area (Å²) >= 11 is 0. The molecule has 0 saturated heterocycles. The van der Waals surface area contributed by atoms with Gasteiger partial charge in [0.05, 0.1) is 6.54 Å². The Hall–Kier alpha value is -2.86. The van der Waals surface area contributed by atoms with Crippen LogP contribution >= 0.6 is 0 Å². The van der Waals surface area contributed by atoms with Crippen molar-refractivity contribution in [2.24, 2.45) is 15.7 Å². The number of hydrogen-bond acceptors (Lipinski definition) is 5. The number of nitrogens with two attached hydrogens (primary N) is 1. The van der Waals surface area contributed by atoms with Gasteiger partial charge < -0.3 is 11.1 Å². The number of unbranched alkanes of at least 4 members (excludes halogenated alkanes) is 2. The summed E-state index contributed by atoms with van der Waals surface area (Å²) < 4.78 is 0. The molecule has 1 aromatic rings. The number of carbonyl (C=O) groups excluding carboxylic acids is 1. The zero-order chi connectivity index (χ0) is 21.6. The normalized spacial score (nSPS) is 14.5. The number of amidine groups is 1. The molecule has 160 valence electrons. The molecule has 0 fully saturated rings. The predicted octanol–water partition coefficient (Wildman–Crippen LogP) is 4.00. The Morgan fingerprint density at radius 2 is 2.10 bits per heavy atom. The zero-order valence-corrected chi connectivity index (χ0v) is 18.1. The summed E-state index contributed by atoms with van der Waals surface area (Å²) in [5, 5.41) is 3.52. The first-order valence-corrected chi connectivity index (χ1v) is 10.7. The first-order chi connectivity index (χ1) is 14.6. The fourth-order valence-electron chi connectivity index (χ4n) is 3.16. The highest BCUT2D eigenvalue weighted by atomic mass is 16.1. The average molecular weight is 408 g/mol. The van der Waals surface area contributed by atoms with Crippen molar-refractivity contribution in [1.29, 1.82) is 0 Å². The van der Waals surface area contributed by atoms with Gasteiger partial charge in [0.2, 0.25) is 5.91 Å². The number of hydrogen-bond donors (Lipinski definition) is 2. The molecule has 0 radical (unpaired) electrons. The van der Waals surface area contributed by atoms with Gasteiger partial charge in [0.15, 0.2) is 5.84 Å². The van der Waals surface area contributed by atoms with E-state index in [1.165, 1.54) is 24.0 Å². The van der Waals surface area contributed by atoms with Gasteiger partial charge in [0.25, 0.3) is 0 Å². The number of primary amides is 1. The predicted molar refractivity (Wildman–Crippen MR) is 125 cm³/mol. The van der Waals surface area contributed by atoms with E-state index in [1.807, 2.05) is 6.21 Å². The van der Waals surface area contributed by atoms with Crippen molar-refractivity contribution in [3.63, 3.8) is 0 Å². The number of allylic oxidation sites excluding steroid dienone is 4. The molecule has 1 amide bonds. The molecule has 0 saturated carbocycles. The van der Waals surface area contributed by atoms with Crippen LogP contribution in [0.15, 0.2) is 63.8 Å². The number of nitrogens with zero attached hydrogens (tertiary/aromatic N) is 3. The van der Waals surface area contributed by atoms with Crippen LogP contribution in [0, 0.1) is 0 Å². The standard InChI is InChI=1S/C24H33N5O/c1-3-8-19(4-2)10-14-26-13-7-5-6-9-20-11-15-28-24(29-18-20)22-17-21(23(25)30)12-16-27-22/h3-4,8,11-12,16-18,26H,5-7,9-10,13-15H2,1-2H3,(H2,25,30)/b8-3-,19-4+. The second-order valence-electron chi connectivity index (χ2n) is 7.17. The highest BCUT2D eigenvalue weighted by Crippen LogP contribution is 2.11. The fourth-order valence-corrected chi connectivity index (χ4v) is 3.16. The molecule has 3 N–H and O–H groups in total. The molecule has 0 aliphatic carbocycles. The van der Waals surface area contributed by atoms with Gasteiger partial charge in [-0.25, -0.2) is 4.99 Å². The van der Waals surface area contributed by atoms with E-state index in [9.17, 15) is 4.79 Å². The molecule has 6 heteroatoms. The Kier molecular flexibility index (Phi) is 10.4. The molecular formula is C24H33N5O. The summed E-state index contributed by atoms with van der Waals surface area (Å²) in [6, 6.07) is 3.22. The maximum absolute atomic E-state index is 11.4. The molecule has 1 aromatic heterocycles. The Balaban J connectivity index is 1.67. The largest absolute Gasteiger partial charge is 0.366 e. The van der Waals surface area contributed by atoms with Crippen LogP contribution in [0.4, 0.5) is 0 Å². The van der Waals surface area contributed by atoms with E-state index in [0.717, 1.165) is 32.4 Å². The molecule has 0 bridgehead atoms. The van der Waals surface area contributed by atoms with Crippen molar-refractivity contribution < 1.29 is 4.79 Å². The van der Waals surface area contributed by atoms with E-state index >= 15 is 0 Å². The summed E-state index contributed by atoms with van der Waals surface area (Å²) in [5.41, 5.74) is 8.89. The van der Waals surface area contributed by atoms with Gasteiger partial charge in [0, 0.05) is 18.0 Å². The van der Waals surface area contributed by atoms with Gasteiger partial charge in [-0.1, -0.05) is 36.3 Å². The van der Waals surface area contributed by atoms with Gasteiger partial charge in [-0.3, -0.25) is 14.8 Å². The summed E-state index contributed by atoms with van der Waals surface area (Å²) in [5.74, 6) is 0.0530. The molecule has 6 nitrogen and oxygen atoms in total. The maximum Gasteiger partial charge on any atom is 0.248 e. The molecule has 0 spiro atoms. The van der Waals surface area contributed by atoms with Crippen molar-refractivity contribution in [1.82, 2.24) is 10.3 Å². The van der Waals surface area contributed by atoms with E-state index in [0.29, 0.717) is 23.6 Å². The molecular weight excluding hydrogens is 374 g/mol. The average Bonchev–Trinajstić information content (AvgIpc) is 3.00. The highest BCUT2D eigenvalue weighted by Gasteiger charge is 2.09. The van der Waals surface area contributed by atoms with Crippen LogP contribution in [-0.4, -0.2) is 42.6 Å². The van der Waals surface area contributed by atoms with Crippen LogP contribution in [0.25, 0.3) is 0 Å². The summed E-state index contributed by atoms with van der Waals surface area (Å²) in [6.07, 6.45) is 17.5. The number of aliphatic imine (C=N–C) groups is 2. The van der Waals surface area contributed by atoms with Gasteiger partial charge >= 0.3 is 0 Å². The minimum absolute atomic E-state index is 0.410. The van der Waals surface area contributed by atoms with Crippen molar-refractivity contribution in [2.75, 3.05) is 19.6 Å². The highest BCUT2D eigenvalue weighted by molar-refractivity contribution is 6.05.